The zero-order valence-electron chi connectivity index (χ0n) is 13.2. The molecule has 0 bridgehead atoms. The fourth-order valence-corrected chi connectivity index (χ4v) is 3.67. The lowest BCUT2D eigenvalue weighted by Gasteiger charge is -2.44. The van der Waals surface area contributed by atoms with Crippen molar-refractivity contribution in [1.29, 1.82) is 0 Å². The fourth-order valence-electron chi connectivity index (χ4n) is 3.67. The minimum atomic E-state index is 0.0743. The molecule has 1 rings (SSSR count). The summed E-state index contributed by atoms with van der Waals surface area (Å²) in [6.45, 7) is 6.15. The average molecular weight is 267 g/mol. The Morgan fingerprint density at radius 3 is 2.79 bits per heavy atom. The van der Waals surface area contributed by atoms with Crippen LogP contribution in [0, 0.1) is 5.92 Å². The normalized spacial score (nSPS) is 29.1. The molecule has 1 aliphatic carbocycles. The largest absolute Gasteiger partial charge is 0.377 e. The van der Waals surface area contributed by atoms with Gasteiger partial charge in [-0.15, -0.1) is 6.58 Å². The molecule has 3 unspecified atom stereocenters. The molecule has 0 spiro atoms. The summed E-state index contributed by atoms with van der Waals surface area (Å²) in [7, 11) is 3.99. The van der Waals surface area contributed by atoms with Crippen LogP contribution < -0.4 is 5.32 Å². The van der Waals surface area contributed by atoms with Gasteiger partial charge in [-0.2, -0.15) is 0 Å². The molecule has 19 heavy (non-hydrogen) atoms. The van der Waals surface area contributed by atoms with Crippen molar-refractivity contribution >= 4 is 0 Å². The van der Waals surface area contributed by atoms with Gasteiger partial charge in [0.05, 0.1) is 5.60 Å². The van der Waals surface area contributed by atoms with Crippen LogP contribution in [0.3, 0.4) is 0 Å². The molecule has 1 saturated carbocycles. The molecule has 0 aromatic rings. The summed E-state index contributed by atoms with van der Waals surface area (Å²) in [5.74, 6) is 0.797. The monoisotopic (exact) mass is 267 g/mol. The third-order valence-electron chi connectivity index (χ3n) is 4.78. The first-order valence-electron chi connectivity index (χ1n) is 8.02. The van der Waals surface area contributed by atoms with Gasteiger partial charge in [-0.3, -0.25) is 0 Å². The minimum Gasteiger partial charge on any atom is -0.377 e. The second-order valence-corrected chi connectivity index (χ2v) is 6.24. The van der Waals surface area contributed by atoms with Crippen LogP contribution >= 0.6 is 0 Å². The third kappa shape index (κ3) is 4.92. The smallest absolute Gasteiger partial charge is 0.0833 e. The Balaban J connectivity index is 2.47. The van der Waals surface area contributed by atoms with Crippen LogP contribution in [0.4, 0.5) is 0 Å². The molecule has 1 aliphatic rings. The van der Waals surface area contributed by atoms with E-state index in [1.807, 2.05) is 13.2 Å². The number of rotatable bonds is 9. The van der Waals surface area contributed by atoms with Crippen molar-refractivity contribution in [3.63, 3.8) is 0 Å². The SMILES string of the molecule is C=CCCCCCC(NC)C1(OC)CCCC(C)C1. The highest BCUT2D eigenvalue weighted by molar-refractivity contribution is 4.96. The van der Waals surface area contributed by atoms with Gasteiger partial charge in [0, 0.05) is 13.2 Å². The topological polar surface area (TPSA) is 21.3 Å². The van der Waals surface area contributed by atoms with Crippen LogP contribution in [0.15, 0.2) is 12.7 Å². The number of ether oxygens (including phenoxy) is 1. The van der Waals surface area contributed by atoms with Crippen molar-refractivity contribution in [3.8, 4) is 0 Å². The van der Waals surface area contributed by atoms with E-state index in [9.17, 15) is 0 Å². The molecule has 1 N–H and O–H groups in total. The van der Waals surface area contributed by atoms with Crippen LogP contribution in [-0.2, 0) is 4.74 Å². The second kappa shape index (κ2) is 8.76. The second-order valence-electron chi connectivity index (χ2n) is 6.24. The van der Waals surface area contributed by atoms with Crippen molar-refractivity contribution in [1.82, 2.24) is 5.32 Å². The van der Waals surface area contributed by atoms with Crippen LogP contribution in [0.25, 0.3) is 0 Å². The van der Waals surface area contributed by atoms with Crippen molar-refractivity contribution in [2.45, 2.75) is 76.4 Å². The van der Waals surface area contributed by atoms with Gasteiger partial charge in [-0.1, -0.05) is 38.7 Å². The maximum Gasteiger partial charge on any atom is 0.0833 e. The molecule has 2 nitrogen and oxygen atoms in total. The van der Waals surface area contributed by atoms with Gasteiger partial charge in [0.1, 0.15) is 0 Å². The van der Waals surface area contributed by atoms with Gasteiger partial charge >= 0.3 is 0 Å². The Bertz CT molecular complexity index is 254. The summed E-state index contributed by atoms with van der Waals surface area (Å²) in [6.07, 6.45) is 13.4. The molecule has 3 atom stereocenters. The first-order chi connectivity index (χ1) is 9.18. The number of allylic oxidation sites excluding steroid dienone is 1. The lowest BCUT2D eigenvalue weighted by Crippen LogP contribution is -2.53. The molecular formula is C17H33NO. The number of hydrogen-bond donors (Lipinski definition) is 1. The lowest BCUT2D eigenvalue weighted by atomic mass is 9.73. The quantitative estimate of drug-likeness (QED) is 0.496. The summed E-state index contributed by atoms with van der Waals surface area (Å²) in [5.41, 5.74) is 0.0743. The summed E-state index contributed by atoms with van der Waals surface area (Å²) >= 11 is 0. The van der Waals surface area contributed by atoms with E-state index in [0.29, 0.717) is 6.04 Å². The lowest BCUT2D eigenvalue weighted by molar-refractivity contribution is -0.0797. The highest BCUT2D eigenvalue weighted by atomic mass is 16.5. The third-order valence-corrected chi connectivity index (χ3v) is 4.78. The first kappa shape index (κ1) is 16.7. The Morgan fingerprint density at radius 1 is 1.42 bits per heavy atom. The Morgan fingerprint density at radius 2 is 2.21 bits per heavy atom. The van der Waals surface area contributed by atoms with Crippen molar-refractivity contribution in [2.24, 2.45) is 5.92 Å². The molecule has 0 radical (unpaired) electrons. The van der Waals surface area contributed by atoms with E-state index in [0.717, 1.165) is 12.3 Å². The fraction of sp³-hybridized carbons (Fsp3) is 0.882. The number of likely N-dealkylation sites (N-methyl/N-ethyl adjacent to an activating group) is 1. The predicted molar refractivity (Wildman–Crippen MR) is 83.5 cm³/mol. The zero-order valence-corrected chi connectivity index (χ0v) is 13.2. The van der Waals surface area contributed by atoms with E-state index < -0.39 is 0 Å². The van der Waals surface area contributed by atoms with E-state index in [1.54, 1.807) is 0 Å². The molecule has 0 aromatic carbocycles. The Hall–Kier alpha value is -0.340. The molecule has 0 heterocycles. The molecule has 2 heteroatoms. The van der Waals surface area contributed by atoms with Crippen LogP contribution in [0.5, 0.6) is 0 Å². The van der Waals surface area contributed by atoms with Crippen LogP contribution in [-0.4, -0.2) is 25.8 Å². The number of unbranched alkanes of at least 4 members (excludes halogenated alkanes) is 3. The van der Waals surface area contributed by atoms with Crippen LogP contribution in [0.2, 0.25) is 0 Å². The van der Waals surface area contributed by atoms with Crippen LogP contribution in [0.1, 0.15) is 64.7 Å². The average Bonchev–Trinajstić information content (AvgIpc) is 2.42. The highest BCUT2D eigenvalue weighted by Crippen LogP contribution is 2.38. The molecule has 112 valence electrons. The predicted octanol–water partition coefficient (Wildman–Crippen LogP) is 4.31. The van der Waals surface area contributed by atoms with E-state index in [1.165, 1.54) is 51.4 Å². The molecular weight excluding hydrogens is 234 g/mol. The Kier molecular flexibility index (Phi) is 7.70. The van der Waals surface area contributed by atoms with E-state index in [2.05, 4.69) is 25.9 Å². The summed E-state index contributed by atoms with van der Waals surface area (Å²) in [4.78, 5) is 0. The summed E-state index contributed by atoms with van der Waals surface area (Å²) < 4.78 is 6.00. The van der Waals surface area contributed by atoms with Gasteiger partial charge < -0.3 is 10.1 Å². The van der Waals surface area contributed by atoms with Gasteiger partial charge in [-0.25, -0.2) is 0 Å². The molecule has 1 fully saturated rings. The van der Waals surface area contributed by atoms with Crippen molar-refractivity contribution in [3.05, 3.63) is 12.7 Å². The van der Waals surface area contributed by atoms with E-state index >= 15 is 0 Å². The molecule has 0 amide bonds. The standard InChI is InChI=1S/C17H33NO/c1-5-6-7-8-9-12-16(18-3)17(19-4)13-10-11-15(2)14-17/h5,15-16,18H,1,6-14H2,2-4H3. The minimum absolute atomic E-state index is 0.0743. The highest BCUT2D eigenvalue weighted by Gasteiger charge is 2.40. The summed E-state index contributed by atoms with van der Waals surface area (Å²) in [5, 5.41) is 3.53. The van der Waals surface area contributed by atoms with E-state index in [-0.39, 0.29) is 5.60 Å². The van der Waals surface area contributed by atoms with E-state index in [4.69, 9.17) is 4.74 Å². The van der Waals surface area contributed by atoms with Crippen molar-refractivity contribution in [2.75, 3.05) is 14.2 Å². The maximum absolute atomic E-state index is 6.00. The Labute approximate surface area is 120 Å². The van der Waals surface area contributed by atoms with Gasteiger partial charge in [0.25, 0.3) is 0 Å². The van der Waals surface area contributed by atoms with Crippen molar-refractivity contribution < 1.29 is 4.74 Å². The number of hydrogen-bond acceptors (Lipinski definition) is 2. The zero-order chi connectivity index (χ0) is 14.1. The first-order valence-corrected chi connectivity index (χ1v) is 8.02. The summed E-state index contributed by atoms with van der Waals surface area (Å²) in [6, 6.07) is 0.504. The van der Waals surface area contributed by atoms with Gasteiger partial charge in [0.15, 0.2) is 0 Å². The maximum atomic E-state index is 6.00. The van der Waals surface area contributed by atoms with Gasteiger partial charge in [-0.05, 0) is 45.1 Å². The van der Waals surface area contributed by atoms with Gasteiger partial charge in [0.2, 0.25) is 0 Å². The molecule has 0 aromatic heterocycles. The molecule has 0 saturated heterocycles. The number of nitrogens with one attached hydrogen (secondary N) is 1. The number of methoxy groups -OCH3 is 1. The molecule has 0 aliphatic heterocycles.